The van der Waals surface area contributed by atoms with Crippen LogP contribution in [0.25, 0.3) is 0 Å². The van der Waals surface area contributed by atoms with E-state index in [-0.39, 0.29) is 16.7 Å². The number of nitrogens with one attached hydrogen (secondary N) is 1. The summed E-state index contributed by atoms with van der Waals surface area (Å²) in [5, 5.41) is 2.99. The number of carbonyl (C=O) groups is 1. The van der Waals surface area contributed by atoms with Crippen molar-refractivity contribution in [1.29, 1.82) is 0 Å². The molecule has 1 aromatic rings. The highest BCUT2D eigenvalue weighted by molar-refractivity contribution is 7.89. The molecule has 0 bridgehead atoms. The molecule has 6 nitrogen and oxygen atoms in total. The molecule has 1 N–H and O–H groups in total. The fourth-order valence-electron chi connectivity index (χ4n) is 3.25. The average molecular weight is 397 g/mol. The van der Waals surface area contributed by atoms with Crippen LogP contribution < -0.4 is 10.1 Å². The number of amides is 1. The van der Waals surface area contributed by atoms with Crippen molar-refractivity contribution in [3.63, 3.8) is 0 Å². The lowest BCUT2D eigenvalue weighted by Crippen LogP contribution is -2.43. The monoisotopic (exact) mass is 396 g/mol. The second kappa shape index (κ2) is 10.1. The first kappa shape index (κ1) is 21.7. The summed E-state index contributed by atoms with van der Waals surface area (Å²) in [5.41, 5.74) is 0. The molecule has 1 aliphatic heterocycles. The fourth-order valence-corrected chi connectivity index (χ4v) is 4.72. The van der Waals surface area contributed by atoms with Gasteiger partial charge in [-0.1, -0.05) is 13.8 Å². The molecule has 0 atom stereocenters. The van der Waals surface area contributed by atoms with Gasteiger partial charge >= 0.3 is 0 Å². The minimum Gasteiger partial charge on any atom is -0.494 e. The highest BCUT2D eigenvalue weighted by atomic mass is 32.2. The summed E-state index contributed by atoms with van der Waals surface area (Å²) in [7, 11) is -3.53. The van der Waals surface area contributed by atoms with Gasteiger partial charge in [0.1, 0.15) is 5.75 Å². The number of sulfonamides is 1. The van der Waals surface area contributed by atoms with Crippen LogP contribution in [0.1, 0.15) is 46.5 Å². The first-order valence-corrected chi connectivity index (χ1v) is 11.3. The Morgan fingerprint density at radius 2 is 1.85 bits per heavy atom. The SMILES string of the molecule is CCOc1ccc(S(=O)(=O)N2CCC(C(=O)NCCCC(C)C)CC2)cc1. The molecule has 0 aliphatic carbocycles. The summed E-state index contributed by atoms with van der Waals surface area (Å²) < 4.78 is 32.4. The van der Waals surface area contributed by atoms with Gasteiger partial charge in [0.05, 0.1) is 11.5 Å². The van der Waals surface area contributed by atoms with Crippen molar-refractivity contribution in [2.24, 2.45) is 11.8 Å². The topological polar surface area (TPSA) is 75.7 Å². The average Bonchev–Trinajstić information content (AvgIpc) is 2.66. The zero-order valence-corrected chi connectivity index (χ0v) is 17.4. The van der Waals surface area contributed by atoms with Gasteiger partial charge in [0.2, 0.25) is 15.9 Å². The van der Waals surface area contributed by atoms with Crippen LogP contribution in [-0.2, 0) is 14.8 Å². The van der Waals surface area contributed by atoms with Crippen molar-refractivity contribution in [1.82, 2.24) is 9.62 Å². The Morgan fingerprint density at radius 1 is 1.22 bits per heavy atom. The lowest BCUT2D eigenvalue weighted by Gasteiger charge is -2.30. The number of carbonyl (C=O) groups excluding carboxylic acids is 1. The number of rotatable bonds is 9. The molecule has 152 valence electrons. The lowest BCUT2D eigenvalue weighted by atomic mass is 9.97. The summed E-state index contributed by atoms with van der Waals surface area (Å²) >= 11 is 0. The van der Waals surface area contributed by atoms with E-state index in [0.29, 0.717) is 50.8 Å². The molecule has 1 aliphatic rings. The van der Waals surface area contributed by atoms with Crippen LogP contribution in [0.3, 0.4) is 0 Å². The standard InChI is InChI=1S/C20H32N2O4S/c1-4-26-18-7-9-19(10-8-18)27(24,25)22-14-11-17(12-15-22)20(23)21-13-5-6-16(2)3/h7-10,16-17H,4-6,11-15H2,1-3H3,(H,21,23). The molecular formula is C20H32N2O4S. The summed E-state index contributed by atoms with van der Waals surface area (Å²) in [6.07, 6.45) is 3.20. The van der Waals surface area contributed by atoms with Crippen LogP contribution in [0.4, 0.5) is 0 Å². The molecule has 0 aromatic heterocycles. The third kappa shape index (κ3) is 6.21. The van der Waals surface area contributed by atoms with Gasteiger partial charge in [0.15, 0.2) is 0 Å². The van der Waals surface area contributed by atoms with Crippen LogP contribution in [0, 0.1) is 11.8 Å². The summed E-state index contributed by atoms with van der Waals surface area (Å²) in [4.78, 5) is 12.5. The van der Waals surface area contributed by atoms with Crippen LogP contribution in [-0.4, -0.2) is 44.9 Å². The highest BCUT2D eigenvalue weighted by Crippen LogP contribution is 2.25. The Balaban J connectivity index is 1.85. The molecular weight excluding hydrogens is 364 g/mol. The largest absolute Gasteiger partial charge is 0.494 e. The van der Waals surface area contributed by atoms with Gasteiger partial charge in [-0.3, -0.25) is 4.79 Å². The van der Waals surface area contributed by atoms with Crippen LogP contribution >= 0.6 is 0 Å². The molecule has 1 aromatic carbocycles. The van der Waals surface area contributed by atoms with E-state index in [1.807, 2.05) is 6.92 Å². The van der Waals surface area contributed by atoms with E-state index in [4.69, 9.17) is 4.74 Å². The van der Waals surface area contributed by atoms with Gasteiger partial charge in [-0.25, -0.2) is 8.42 Å². The highest BCUT2D eigenvalue weighted by Gasteiger charge is 2.31. The molecule has 2 rings (SSSR count). The van der Waals surface area contributed by atoms with Gasteiger partial charge < -0.3 is 10.1 Å². The second-order valence-corrected chi connectivity index (χ2v) is 9.35. The normalized spacial score (nSPS) is 16.4. The molecule has 1 amide bonds. The quantitative estimate of drug-likeness (QED) is 0.651. The predicted molar refractivity (Wildman–Crippen MR) is 106 cm³/mol. The Hall–Kier alpha value is -1.60. The molecule has 0 radical (unpaired) electrons. The zero-order valence-electron chi connectivity index (χ0n) is 16.6. The van der Waals surface area contributed by atoms with Gasteiger partial charge in [0.25, 0.3) is 0 Å². The van der Waals surface area contributed by atoms with Crippen LogP contribution in [0.5, 0.6) is 5.75 Å². The number of benzene rings is 1. The molecule has 1 saturated heterocycles. The van der Waals surface area contributed by atoms with Crippen molar-refractivity contribution in [2.45, 2.75) is 51.3 Å². The van der Waals surface area contributed by atoms with E-state index in [9.17, 15) is 13.2 Å². The minimum absolute atomic E-state index is 0.0527. The number of piperidine rings is 1. The number of hydrogen-bond acceptors (Lipinski definition) is 4. The Labute approximate surface area is 163 Å². The molecule has 27 heavy (non-hydrogen) atoms. The van der Waals surface area contributed by atoms with Gasteiger partial charge in [-0.15, -0.1) is 0 Å². The van der Waals surface area contributed by atoms with Crippen molar-refractivity contribution in [3.8, 4) is 5.75 Å². The van der Waals surface area contributed by atoms with E-state index in [2.05, 4.69) is 19.2 Å². The van der Waals surface area contributed by atoms with E-state index >= 15 is 0 Å². The summed E-state index contributed by atoms with van der Waals surface area (Å²) in [6, 6.07) is 6.50. The predicted octanol–water partition coefficient (Wildman–Crippen LogP) is 3.04. The first-order valence-electron chi connectivity index (χ1n) is 9.85. The molecule has 1 fully saturated rings. The summed E-state index contributed by atoms with van der Waals surface area (Å²) in [5.74, 6) is 1.25. The second-order valence-electron chi connectivity index (χ2n) is 7.41. The van der Waals surface area contributed by atoms with Crippen molar-refractivity contribution >= 4 is 15.9 Å². The van der Waals surface area contributed by atoms with E-state index in [0.717, 1.165) is 12.8 Å². The minimum atomic E-state index is -3.53. The maximum Gasteiger partial charge on any atom is 0.243 e. The zero-order chi connectivity index (χ0) is 19.9. The smallest absolute Gasteiger partial charge is 0.243 e. The third-order valence-corrected chi connectivity index (χ3v) is 6.77. The van der Waals surface area contributed by atoms with Crippen molar-refractivity contribution in [2.75, 3.05) is 26.2 Å². The lowest BCUT2D eigenvalue weighted by molar-refractivity contribution is -0.126. The number of hydrogen-bond donors (Lipinski definition) is 1. The van der Waals surface area contributed by atoms with Crippen LogP contribution in [0.2, 0.25) is 0 Å². The maximum atomic E-state index is 12.8. The van der Waals surface area contributed by atoms with Gasteiger partial charge in [-0.2, -0.15) is 4.31 Å². The van der Waals surface area contributed by atoms with E-state index < -0.39 is 10.0 Å². The van der Waals surface area contributed by atoms with E-state index in [1.165, 1.54) is 4.31 Å². The Morgan fingerprint density at radius 3 is 2.41 bits per heavy atom. The van der Waals surface area contributed by atoms with E-state index in [1.54, 1.807) is 24.3 Å². The van der Waals surface area contributed by atoms with Gasteiger partial charge in [-0.05, 0) is 62.8 Å². The number of ether oxygens (including phenoxy) is 1. The maximum absolute atomic E-state index is 12.8. The molecule has 7 heteroatoms. The third-order valence-electron chi connectivity index (χ3n) is 4.85. The van der Waals surface area contributed by atoms with Crippen LogP contribution in [0.15, 0.2) is 29.2 Å². The molecule has 0 saturated carbocycles. The molecule has 0 unspecified atom stereocenters. The van der Waals surface area contributed by atoms with Crippen molar-refractivity contribution in [3.05, 3.63) is 24.3 Å². The molecule has 0 spiro atoms. The van der Waals surface area contributed by atoms with Crippen molar-refractivity contribution < 1.29 is 17.9 Å². The van der Waals surface area contributed by atoms with Gasteiger partial charge in [0, 0.05) is 25.6 Å². The Bertz CT molecular complexity index is 693. The first-order chi connectivity index (χ1) is 12.8. The fraction of sp³-hybridized carbons (Fsp3) is 0.650. The summed E-state index contributed by atoms with van der Waals surface area (Å²) in [6.45, 7) is 8.21. The number of nitrogens with zero attached hydrogens (tertiary/aromatic N) is 1. The molecule has 1 heterocycles. The Kier molecular flexibility index (Phi) is 8.10.